The van der Waals surface area contributed by atoms with Gasteiger partial charge in [-0.25, -0.2) is 0 Å². The molecule has 106 valence electrons. The molecule has 2 saturated heterocycles. The molecule has 2 aliphatic carbocycles. The van der Waals surface area contributed by atoms with Gasteiger partial charge >= 0.3 is 0 Å². The maximum atomic E-state index is 12.7. The highest BCUT2D eigenvalue weighted by atomic mass is 16.5. The van der Waals surface area contributed by atoms with Gasteiger partial charge in [-0.2, -0.15) is 0 Å². The molecular weight excluding hydrogens is 240 g/mol. The summed E-state index contributed by atoms with van der Waals surface area (Å²) in [5.41, 5.74) is -0.161. The molecule has 1 amide bonds. The lowest BCUT2D eigenvalue weighted by Gasteiger charge is -2.30. The highest BCUT2D eigenvalue weighted by Gasteiger charge is 2.60. The molecular formula is C15H24N2O2. The molecule has 2 saturated carbocycles. The molecule has 0 radical (unpaired) electrons. The standard InChI is InChI=1S/C15H24N2O2/c18-14-15(7-8-15)16-13(11-4-1-2-5-11)17(14)10-12-6-3-9-19-12/h11-13,16H,1-10H2. The van der Waals surface area contributed by atoms with Crippen LogP contribution in [0.15, 0.2) is 0 Å². The molecule has 2 unspecified atom stereocenters. The second kappa shape index (κ2) is 4.45. The third kappa shape index (κ3) is 2.00. The Bertz CT molecular complexity index is 368. The lowest BCUT2D eigenvalue weighted by Crippen LogP contribution is -2.45. The van der Waals surface area contributed by atoms with Gasteiger partial charge < -0.3 is 9.64 Å². The Balaban J connectivity index is 1.51. The minimum Gasteiger partial charge on any atom is -0.376 e. The molecule has 0 aromatic carbocycles. The molecule has 4 nitrogen and oxygen atoms in total. The minimum absolute atomic E-state index is 0.161. The summed E-state index contributed by atoms with van der Waals surface area (Å²) >= 11 is 0. The highest BCUT2D eigenvalue weighted by Crippen LogP contribution is 2.45. The summed E-state index contributed by atoms with van der Waals surface area (Å²) in [7, 11) is 0. The molecule has 4 rings (SSSR count). The molecule has 0 aromatic heterocycles. The van der Waals surface area contributed by atoms with Crippen LogP contribution < -0.4 is 5.32 Å². The van der Waals surface area contributed by atoms with Crippen molar-refractivity contribution in [3.8, 4) is 0 Å². The maximum absolute atomic E-state index is 12.7. The Morgan fingerprint density at radius 3 is 2.63 bits per heavy atom. The first-order valence-corrected chi connectivity index (χ1v) is 7.99. The SMILES string of the molecule is O=C1N(CC2CCCO2)C(C2CCCC2)NC12CC2. The van der Waals surface area contributed by atoms with Crippen LogP contribution in [0.3, 0.4) is 0 Å². The van der Waals surface area contributed by atoms with Crippen LogP contribution in [0.5, 0.6) is 0 Å². The van der Waals surface area contributed by atoms with Crippen molar-refractivity contribution in [2.75, 3.05) is 13.2 Å². The van der Waals surface area contributed by atoms with Gasteiger partial charge in [0.2, 0.25) is 5.91 Å². The van der Waals surface area contributed by atoms with Crippen LogP contribution in [0.2, 0.25) is 0 Å². The van der Waals surface area contributed by atoms with Crippen molar-refractivity contribution in [2.45, 2.75) is 69.2 Å². The first kappa shape index (κ1) is 12.2. The number of hydrogen-bond donors (Lipinski definition) is 1. The summed E-state index contributed by atoms with van der Waals surface area (Å²) < 4.78 is 5.74. The molecule has 4 fully saturated rings. The molecule has 4 aliphatic rings. The van der Waals surface area contributed by atoms with Crippen LogP contribution in [0.4, 0.5) is 0 Å². The predicted molar refractivity (Wildman–Crippen MR) is 71.5 cm³/mol. The zero-order valence-electron chi connectivity index (χ0n) is 11.6. The normalized spacial score (nSPS) is 37.7. The zero-order valence-corrected chi connectivity index (χ0v) is 11.6. The van der Waals surface area contributed by atoms with E-state index in [1.54, 1.807) is 0 Å². The predicted octanol–water partition coefficient (Wildman–Crippen LogP) is 1.65. The molecule has 2 heterocycles. The summed E-state index contributed by atoms with van der Waals surface area (Å²) in [4.78, 5) is 14.8. The second-order valence-electron chi connectivity index (χ2n) is 6.81. The van der Waals surface area contributed by atoms with Gasteiger partial charge in [0, 0.05) is 13.2 Å². The van der Waals surface area contributed by atoms with E-state index < -0.39 is 0 Å². The van der Waals surface area contributed by atoms with E-state index in [2.05, 4.69) is 10.2 Å². The van der Waals surface area contributed by atoms with Gasteiger partial charge in [-0.05, 0) is 44.4 Å². The summed E-state index contributed by atoms with van der Waals surface area (Å²) in [6, 6.07) is 0. The van der Waals surface area contributed by atoms with E-state index in [0.717, 1.165) is 38.8 Å². The maximum Gasteiger partial charge on any atom is 0.244 e. The van der Waals surface area contributed by atoms with Crippen molar-refractivity contribution < 1.29 is 9.53 Å². The number of ether oxygens (including phenoxy) is 1. The van der Waals surface area contributed by atoms with Crippen molar-refractivity contribution in [1.82, 2.24) is 10.2 Å². The van der Waals surface area contributed by atoms with E-state index in [0.29, 0.717) is 18.0 Å². The summed E-state index contributed by atoms with van der Waals surface area (Å²) in [5.74, 6) is 1.03. The van der Waals surface area contributed by atoms with Gasteiger partial charge in [0.1, 0.15) is 0 Å². The van der Waals surface area contributed by atoms with Gasteiger partial charge in [-0.1, -0.05) is 12.8 Å². The van der Waals surface area contributed by atoms with Crippen molar-refractivity contribution in [3.05, 3.63) is 0 Å². The fraction of sp³-hybridized carbons (Fsp3) is 0.933. The largest absolute Gasteiger partial charge is 0.376 e. The monoisotopic (exact) mass is 264 g/mol. The summed E-state index contributed by atoms with van der Waals surface area (Å²) in [5, 5.41) is 3.68. The van der Waals surface area contributed by atoms with Crippen molar-refractivity contribution in [1.29, 1.82) is 0 Å². The lowest BCUT2D eigenvalue weighted by atomic mass is 10.0. The summed E-state index contributed by atoms with van der Waals surface area (Å²) in [6.45, 7) is 1.69. The number of carbonyl (C=O) groups excluding carboxylic acids is 1. The molecule has 0 bridgehead atoms. The van der Waals surface area contributed by atoms with Crippen LogP contribution in [-0.2, 0) is 9.53 Å². The molecule has 1 N–H and O–H groups in total. The smallest absolute Gasteiger partial charge is 0.244 e. The van der Waals surface area contributed by atoms with Crippen LogP contribution in [0.25, 0.3) is 0 Å². The quantitative estimate of drug-likeness (QED) is 0.842. The van der Waals surface area contributed by atoms with Crippen molar-refractivity contribution in [3.63, 3.8) is 0 Å². The lowest BCUT2D eigenvalue weighted by molar-refractivity contribution is -0.132. The average Bonchev–Trinajstić information content (AvgIpc) is 2.86. The van der Waals surface area contributed by atoms with Crippen LogP contribution in [-0.4, -0.2) is 41.8 Å². The first-order chi connectivity index (χ1) is 9.28. The van der Waals surface area contributed by atoms with E-state index in [4.69, 9.17) is 4.74 Å². The Hall–Kier alpha value is -0.610. The fourth-order valence-electron chi connectivity index (χ4n) is 4.16. The first-order valence-electron chi connectivity index (χ1n) is 7.99. The molecule has 1 spiro atoms. The van der Waals surface area contributed by atoms with Gasteiger partial charge in [0.15, 0.2) is 0 Å². The number of nitrogens with one attached hydrogen (secondary N) is 1. The third-order valence-electron chi connectivity index (χ3n) is 5.45. The van der Waals surface area contributed by atoms with Gasteiger partial charge in [-0.3, -0.25) is 10.1 Å². The zero-order chi connectivity index (χ0) is 12.9. The third-order valence-corrected chi connectivity index (χ3v) is 5.45. The van der Waals surface area contributed by atoms with Crippen LogP contribution in [0.1, 0.15) is 51.4 Å². The van der Waals surface area contributed by atoms with Gasteiger partial charge in [0.05, 0.1) is 17.8 Å². The van der Waals surface area contributed by atoms with Crippen molar-refractivity contribution >= 4 is 5.91 Å². The van der Waals surface area contributed by atoms with Crippen LogP contribution in [0, 0.1) is 5.92 Å². The summed E-state index contributed by atoms with van der Waals surface area (Å²) in [6.07, 6.45) is 10.1. The molecule has 19 heavy (non-hydrogen) atoms. The fourth-order valence-corrected chi connectivity index (χ4v) is 4.16. The van der Waals surface area contributed by atoms with E-state index in [1.807, 2.05) is 0 Å². The molecule has 2 atom stereocenters. The van der Waals surface area contributed by atoms with Crippen molar-refractivity contribution in [2.24, 2.45) is 5.92 Å². The van der Waals surface area contributed by atoms with Gasteiger partial charge in [-0.15, -0.1) is 0 Å². The number of carbonyl (C=O) groups is 1. The molecule has 4 heteroatoms. The van der Waals surface area contributed by atoms with E-state index in [-0.39, 0.29) is 11.6 Å². The minimum atomic E-state index is -0.161. The Kier molecular flexibility index (Phi) is 2.85. The average molecular weight is 264 g/mol. The Morgan fingerprint density at radius 2 is 2.00 bits per heavy atom. The Labute approximate surface area is 114 Å². The van der Waals surface area contributed by atoms with E-state index >= 15 is 0 Å². The van der Waals surface area contributed by atoms with E-state index in [1.165, 1.54) is 25.7 Å². The Morgan fingerprint density at radius 1 is 1.21 bits per heavy atom. The van der Waals surface area contributed by atoms with Gasteiger partial charge in [0.25, 0.3) is 0 Å². The molecule has 2 aliphatic heterocycles. The second-order valence-corrected chi connectivity index (χ2v) is 6.81. The number of hydrogen-bond acceptors (Lipinski definition) is 3. The number of amides is 1. The number of rotatable bonds is 3. The topological polar surface area (TPSA) is 41.6 Å². The number of nitrogens with zero attached hydrogens (tertiary/aromatic N) is 1. The van der Waals surface area contributed by atoms with E-state index in [9.17, 15) is 4.79 Å². The van der Waals surface area contributed by atoms with Crippen LogP contribution >= 0.6 is 0 Å². The molecule has 0 aromatic rings. The highest BCUT2D eigenvalue weighted by molar-refractivity contribution is 5.91.